The van der Waals surface area contributed by atoms with Crippen molar-refractivity contribution in [2.75, 3.05) is 24.0 Å². The largest absolute Gasteiger partial charge is 0.369 e. The van der Waals surface area contributed by atoms with Crippen LogP contribution in [0.2, 0.25) is 0 Å². The Hall–Kier alpha value is -2.86. The predicted molar refractivity (Wildman–Crippen MR) is 114 cm³/mol. The molecule has 13 heteroatoms. The predicted octanol–water partition coefficient (Wildman–Crippen LogP) is 1.24. The van der Waals surface area contributed by atoms with Gasteiger partial charge in [0.1, 0.15) is 34.3 Å². The van der Waals surface area contributed by atoms with E-state index in [9.17, 15) is 17.6 Å². The number of rotatable bonds is 6. The molecule has 1 aliphatic rings. The topological polar surface area (TPSA) is 144 Å². The molecule has 0 unspecified atom stereocenters. The van der Waals surface area contributed by atoms with Crippen LogP contribution in [0.25, 0.3) is 0 Å². The first-order chi connectivity index (χ1) is 14.6. The second-order valence-corrected chi connectivity index (χ2v) is 9.51. The highest BCUT2D eigenvalue weighted by molar-refractivity contribution is 7.89. The van der Waals surface area contributed by atoms with Gasteiger partial charge in [-0.05, 0) is 31.9 Å². The second-order valence-electron chi connectivity index (χ2n) is 7.13. The molecule has 10 nitrogen and oxygen atoms in total. The lowest BCUT2D eigenvalue weighted by Gasteiger charge is -2.33. The van der Waals surface area contributed by atoms with Crippen LogP contribution in [0.4, 0.5) is 10.2 Å². The average Bonchev–Trinajstić information content (AvgIpc) is 2.71. The van der Waals surface area contributed by atoms with Crippen LogP contribution in [0.15, 0.2) is 29.5 Å². The average molecular weight is 470 g/mol. The molecule has 0 saturated heterocycles. The van der Waals surface area contributed by atoms with Crippen molar-refractivity contribution in [1.29, 1.82) is 0 Å². The molecule has 0 bridgehead atoms. The van der Waals surface area contributed by atoms with Crippen molar-refractivity contribution in [3.05, 3.63) is 47.4 Å². The Bertz CT molecular complexity index is 1130. The van der Waals surface area contributed by atoms with E-state index >= 15 is 0 Å². The van der Waals surface area contributed by atoms with E-state index in [4.69, 9.17) is 17.3 Å². The quantitative estimate of drug-likeness (QED) is 0.605. The number of carbonyl (C=O) groups is 1. The van der Waals surface area contributed by atoms with Gasteiger partial charge >= 0.3 is 0 Å². The van der Waals surface area contributed by atoms with Gasteiger partial charge in [-0.25, -0.2) is 32.1 Å². The summed E-state index contributed by atoms with van der Waals surface area (Å²) in [4.78, 5) is 28.9. The van der Waals surface area contributed by atoms with Crippen LogP contribution in [0, 0.1) is 5.82 Å². The summed E-state index contributed by atoms with van der Waals surface area (Å²) < 4.78 is 40.1. The fourth-order valence-electron chi connectivity index (χ4n) is 2.99. The van der Waals surface area contributed by atoms with Crippen molar-refractivity contribution in [1.82, 2.24) is 19.3 Å². The minimum Gasteiger partial charge on any atom is -0.369 e. The molecule has 31 heavy (non-hydrogen) atoms. The smallest absolute Gasteiger partial charge is 0.277 e. The highest BCUT2D eigenvalue weighted by Crippen LogP contribution is 2.32. The normalized spacial score (nSPS) is 20.3. The van der Waals surface area contributed by atoms with Crippen molar-refractivity contribution >= 4 is 39.3 Å². The molecule has 0 aliphatic carbocycles. The summed E-state index contributed by atoms with van der Waals surface area (Å²) in [6.45, 7) is 1.41. The summed E-state index contributed by atoms with van der Waals surface area (Å²) in [7, 11) is -2.56. The molecule has 0 aromatic carbocycles. The fourth-order valence-corrected chi connectivity index (χ4v) is 4.55. The van der Waals surface area contributed by atoms with E-state index in [1.54, 1.807) is 0 Å². The first kappa shape index (κ1) is 22.8. The minimum absolute atomic E-state index is 0.000684. The Balaban J connectivity index is 1.85. The lowest BCUT2D eigenvalue weighted by molar-refractivity contribution is 0.102. The Morgan fingerprint density at radius 2 is 2.10 bits per heavy atom. The molecule has 0 radical (unpaired) electrons. The van der Waals surface area contributed by atoms with Gasteiger partial charge in [-0.1, -0.05) is 0 Å². The van der Waals surface area contributed by atoms with E-state index in [-0.39, 0.29) is 23.2 Å². The maximum absolute atomic E-state index is 14.6. The molecule has 3 rings (SSSR count). The number of amides is 1. The summed E-state index contributed by atoms with van der Waals surface area (Å²) in [6.07, 6.45) is 4.18. The zero-order valence-electron chi connectivity index (χ0n) is 16.8. The van der Waals surface area contributed by atoms with E-state index in [0.717, 1.165) is 16.8 Å². The molecule has 2 aromatic rings. The monoisotopic (exact) mass is 469 g/mol. The van der Waals surface area contributed by atoms with Crippen molar-refractivity contribution in [3.63, 3.8) is 0 Å². The first-order valence-electron chi connectivity index (χ1n) is 9.23. The van der Waals surface area contributed by atoms with E-state index < -0.39 is 33.0 Å². The molecule has 166 valence electrons. The number of nitrogens with zero attached hydrogens (tertiary/aromatic N) is 5. The van der Waals surface area contributed by atoms with Crippen LogP contribution < -0.4 is 11.1 Å². The van der Waals surface area contributed by atoms with Crippen LogP contribution >= 0.6 is 11.6 Å². The molecular formula is C18H21ClFN7O3S. The van der Waals surface area contributed by atoms with Crippen molar-refractivity contribution in [2.45, 2.75) is 25.3 Å². The number of alkyl halides is 1. The number of aliphatic imine (C=N–C) groups is 1. The van der Waals surface area contributed by atoms with Crippen LogP contribution in [0.1, 0.15) is 35.2 Å². The van der Waals surface area contributed by atoms with Gasteiger partial charge in [0, 0.05) is 19.1 Å². The third-order valence-electron chi connectivity index (χ3n) is 4.67. The molecule has 0 fully saturated rings. The van der Waals surface area contributed by atoms with Crippen LogP contribution in [-0.2, 0) is 22.0 Å². The maximum atomic E-state index is 14.6. The molecule has 1 atom stereocenters. The van der Waals surface area contributed by atoms with Gasteiger partial charge in [0.15, 0.2) is 0 Å². The number of aromatic nitrogens is 3. The lowest BCUT2D eigenvalue weighted by Crippen LogP contribution is -2.50. The van der Waals surface area contributed by atoms with Gasteiger partial charge < -0.3 is 11.1 Å². The summed E-state index contributed by atoms with van der Waals surface area (Å²) in [5.41, 5.74) is 4.63. The number of carbonyl (C=O) groups excluding carboxylic acids is 1. The molecule has 3 heterocycles. The van der Waals surface area contributed by atoms with Crippen molar-refractivity contribution in [2.24, 2.45) is 10.7 Å². The third kappa shape index (κ3) is 4.90. The molecule has 1 aliphatic heterocycles. The Labute approximate surface area is 183 Å². The minimum atomic E-state index is -3.82. The van der Waals surface area contributed by atoms with Gasteiger partial charge in [-0.2, -0.15) is 0 Å². The number of hydrogen-bond acceptors (Lipinski definition) is 8. The maximum Gasteiger partial charge on any atom is 0.277 e. The zero-order chi connectivity index (χ0) is 22.8. The van der Waals surface area contributed by atoms with E-state index in [1.807, 2.05) is 0 Å². The number of hydrogen-bond donors (Lipinski definition) is 2. The number of anilines is 1. The second kappa shape index (κ2) is 8.71. The highest BCUT2D eigenvalue weighted by atomic mass is 35.5. The summed E-state index contributed by atoms with van der Waals surface area (Å²) in [6, 6.07) is 2.32. The Morgan fingerprint density at radius 1 is 1.35 bits per heavy atom. The molecule has 2 aromatic heterocycles. The lowest BCUT2D eigenvalue weighted by atomic mass is 10.00. The summed E-state index contributed by atoms with van der Waals surface area (Å²) in [5, 5.41) is 2.51. The van der Waals surface area contributed by atoms with Crippen LogP contribution in [0.3, 0.4) is 0 Å². The Morgan fingerprint density at radius 3 is 2.71 bits per heavy atom. The number of pyridine rings is 1. The summed E-state index contributed by atoms with van der Waals surface area (Å²) in [5.74, 6) is -1.71. The van der Waals surface area contributed by atoms with Gasteiger partial charge in [0.25, 0.3) is 5.91 Å². The number of halogens is 2. The summed E-state index contributed by atoms with van der Waals surface area (Å²) >= 11 is 5.65. The van der Waals surface area contributed by atoms with Crippen molar-refractivity contribution < 1.29 is 17.6 Å². The number of aryl methyl sites for hydroxylation is 1. The zero-order valence-corrected chi connectivity index (χ0v) is 18.4. The number of nitrogens with two attached hydrogens (primary N) is 1. The number of sulfonamides is 1. The van der Waals surface area contributed by atoms with Crippen LogP contribution in [0.5, 0.6) is 0 Å². The first-order valence-corrected chi connectivity index (χ1v) is 11.4. The molecule has 0 saturated carbocycles. The van der Waals surface area contributed by atoms with E-state index in [1.165, 1.54) is 32.4 Å². The fraction of sp³-hybridized carbons (Fsp3) is 0.389. The van der Waals surface area contributed by atoms with E-state index in [0.29, 0.717) is 18.0 Å². The highest BCUT2D eigenvalue weighted by Gasteiger charge is 2.43. The third-order valence-corrected chi connectivity index (χ3v) is 6.88. The SMILES string of the molecule is CN1C(N)=N[C@](C)(c2nc(NC(=O)c3cnc(CCCCl)cn3)ccc2F)CS1(=O)=O. The molecule has 0 spiro atoms. The van der Waals surface area contributed by atoms with Gasteiger partial charge in [0.05, 0.1) is 11.9 Å². The Kier molecular flexibility index (Phi) is 6.41. The van der Waals surface area contributed by atoms with Gasteiger partial charge in [-0.3, -0.25) is 9.78 Å². The number of guanidine groups is 1. The van der Waals surface area contributed by atoms with Gasteiger partial charge in [-0.15, -0.1) is 11.6 Å². The molecule has 3 N–H and O–H groups in total. The van der Waals surface area contributed by atoms with Crippen molar-refractivity contribution in [3.8, 4) is 0 Å². The number of nitrogens with one attached hydrogen (secondary N) is 1. The standard InChI is InChI=1S/C18H21ClFN7O3S/c1-18(10-31(29,30)27(2)17(21)26-18)15-12(20)5-6-14(24-15)25-16(28)13-9-22-11(8-23-13)4-3-7-19/h5-6,8-9H,3-4,7,10H2,1-2H3,(H2,21,26)(H,24,25,28)/t18-/m0/s1. The van der Waals surface area contributed by atoms with Crippen LogP contribution in [-0.4, -0.2) is 58.2 Å². The van der Waals surface area contributed by atoms with Gasteiger partial charge in [0.2, 0.25) is 16.0 Å². The van der Waals surface area contributed by atoms with E-state index in [2.05, 4.69) is 25.3 Å². The molecule has 1 amide bonds. The molecular weight excluding hydrogens is 449 g/mol.